The molecule has 66 valence electrons. The van der Waals surface area contributed by atoms with E-state index in [-0.39, 0.29) is 5.15 Å². The molecule has 0 unspecified atom stereocenters. The van der Waals surface area contributed by atoms with Crippen LogP contribution in [0.4, 0.5) is 5.82 Å². The van der Waals surface area contributed by atoms with E-state index in [1.807, 2.05) is 13.8 Å². The summed E-state index contributed by atoms with van der Waals surface area (Å²) < 4.78 is 0. The van der Waals surface area contributed by atoms with E-state index in [1.165, 1.54) is 0 Å². The van der Waals surface area contributed by atoms with E-state index in [0.29, 0.717) is 16.8 Å². The average Bonchev–Trinajstić information content (AvgIpc) is 1.96. The smallest absolute Gasteiger partial charge is 0.150 e. The second-order valence-corrected chi connectivity index (χ2v) is 3.63. The van der Waals surface area contributed by atoms with E-state index in [1.54, 1.807) is 6.07 Å². The van der Waals surface area contributed by atoms with Crippen LogP contribution in [-0.2, 0) is 0 Å². The second kappa shape index (κ2) is 3.50. The van der Waals surface area contributed by atoms with Crippen LogP contribution in [0.25, 0.3) is 0 Å². The van der Waals surface area contributed by atoms with Crippen LogP contribution in [0.15, 0.2) is 6.07 Å². The van der Waals surface area contributed by atoms with E-state index in [9.17, 15) is 0 Å². The van der Waals surface area contributed by atoms with Crippen molar-refractivity contribution in [3.8, 4) is 0 Å². The zero-order chi connectivity index (χ0) is 9.30. The second-order valence-electron chi connectivity index (χ2n) is 2.90. The quantitative estimate of drug-likeness (QED) is 0.715. The van der Waals surface area contributed by atoms with Crippen LogP contribution in [-0.4, -0.2) is 4.98 Å². The molecule has 0 bridgehead atoms. The summed E-state index contributed by atoms with van der Waals surface area (Å²) in [6.07, 6.45) is 0. The molecule has 1 heterocycles. The van der Waals surface area contributed by atoms with Gasteiger partial charge in [0, 0.05) is 0 Å². The van der Waals surface area contributed by atoms with Gasteiger partial charge in [0.1, 0.15) is 11.0 Å². The molecular formula is C8H10Cl2N2. The number of hydrogen-bond donors (Lipinski definition) is 1. The number of anilines is 1. The van der Waals surface area contributed by atoms with Gasteiger partial charge in [-0.05, 0) is 17.5 Å². The molecule has 0 radical (unpaired) electrons. The molecule has 1 rings (SSSR count). The average molecular weight is 205 g/mol. The number of nitrogens with two attached hydrogens (primary N) is 1. The van der Waals surface area contributed by atoms with E-state index in [0.717, 1.165) is 5.56 Å². The standard InChI is InChI=1S/C8H10Cl2N2/c1-4(2)5-3-6(11)12-8(10)7(5)9/h3-4H,1-2H3,(H2,11,12). The molecule has 0 amide bonds. The summed E-state index contributed by atoms with van der Waals surface area (Å²) in [6.45, 7) is 4.05. The van der Waals surface area contributed by atoms with Crippen molar-refractivity contribution >= 4 is 29.0 Å². The Balaban J connectivity index is 3.28. The van der Waals surface area contributed by atoms with Gasteiger partial charge in [-0.2, -0.15) is 0 Å². The van der Waals surface area contributed by atoms with Crippen molar-refractivity contribution in [2.45, 2.75) is 19.8 Å². The Hall–Kier alpha value is -0.470. The van der Waals surface area contributed by atoms with Crippen molar-refractivity contribution in [3.63, 3.8) is 0 Å². The highest BCUT2D eigenvalue weighted by atomic mass is 35.5. The van der Waals surface area contributed by atoms with Gasteiger partial charge in [-0.1, -0.05) is 37.0 Å². The number of rotatable bonds is 1. The first-order valence-electron chi connectivity index (χ1n) is 3.63. The van der Waals surface area contributed by atoms with Crippen molar-refractivity contribution in [1.82, 2.24) is 4.98 Å². The maximum absolute atomic E-state index is 5.91. The van der Waals surface area contributed by atoms with Crippen LogP contribution in [0.2, 0.25) is 10.2 Å². The Morgan fingerprint density at radius 1 is 1.42 bits per heavy atom. The SMILES string of the molecule is CC(C)c1cc(N)nc(Cl)c1Cl. The fraction of sp³-hybridized carbons (Fsp3) is 0.375. The van der Waals surface area contributed by atoms with E-state index >= 15 is 0 Å². The summed E-state index contributed by atoms with van der Waals surface area (Å²) in [4.78, 5) is 3.83. The Morgan fingerprint density at radius 2 is 2.00 bits per heavy atom. The third-order valence-corrected chi connectivity index (χ3v) is 2.35. The molecule has 0 aliphatic heterocycles. The lowest BCUT2D eigenvalue weighted by Crippen LogP contribution is -1.96. The monoisotopic (exact) mass is 204 g/mol. The maximum atomic E-state index is 5.91. The molecule has 0 saturated heterocycles. The minimum absolute atomic E-state index is 0.278. The van der Waals surface area contributed by atoms with Gasteiger partial charge in [0.2, 0.25) is 0 Å². The summed E-state index contributed by atoms with van der Waals surface area (Å²) >= 11 is 11.7. The van der Waals surface area contributed by atoms with E-state index in [4.69, 9.17) is 28.9 Å². The summed E-state index contributed by atoms with van der Waals surface area (Å²) in [5.41, 5.74) is 6.45. The first-order valence-corrected chi connectivity index (χ1v) is 4.39. The Morgan fingerprint density at radius 3 is 2.50 bits per heavy atom. The molecule has 0 aliphatic carbocycles. The van der Waals surface area contributed by atoms with Gasteiger partial charge < -0.3 is 5.73 Å². The molecule has 0 aliphatic rings. The third-order valence-electron chi connectivity index (χ3n) is 1.59. The molecule has 2 N–H and O–H groups in total. The van der Waals surface area contributed by atoms with E-state index < -0.39 is 0 Å². The number of pyridine rings is 1. The summed E-state index contributed by atoms with van der Waals surface area (Å²) in [5, 5.41) is 0.779. The zero-order valence-corrected chi connectivity index (χ0v) is 8.45. The minimum Gasteiger partial charge on any atom is -0.384 e. The molecule has 0 atom stereocenters. The lowest BCUT2D eigenvalue weighted by Gasteiger charge is -2.09. The van der Waals surface area contributed by atoms with Crippen LogP contribution in [0, 0.1) is 0 Å². The lowest BCUT2D eigenvalue weighted by molar-refractivity contribution is 0.864. The van der Waals surface area contributed by atoms with Gasteiger partial charge in [0.05, 0.1) is 5.02 Å². The predicted molar refractivity (Wildman–Crippen MR) is 52.8 cm³/mol. The molecule has 0 fully saturated rings. The number of halogens is 2. The van der Waals surface area contributed by atoms with Crippen LogP contribution in [0.3, 0.4) is 0 Å². The van der Waals surface area contributed by atoms with Crippen molar-refractivity contribution in [3.05, 3.63) is 21.8 Å². The molecule has 0 saturated carbocycles. The van der Waals surface area contributed by atoms with Crippen LogP contribution < -0.4 is 5.73 Å². The van der Waals surface area contributed by atoms with Crippen molar-refractivity contribution in [1.29, 1.82) is 0 Å². The lowest BCUT2D eigenvalue weighted by atomic mass is 10.1. The van der Waals surface area contributed by atoms with Crippen molar-refractivity contribution < 1.29 is 0 Å². The van der Waals surface area contributed by atoms with Crippen LogP contribution in [0.5, 0.6) is 0 Å². The largest absolute Gasteiger partial charge is 0.384 e. The van der Waals surface area contributed by atoms with Crippen LogP contribution >= 0.6 is 23.2 Å². The molecule has 0 aromatic carbocycles. The summed E-state index contributed by atoms with van der Waals surface area (Å²) in [5.74, 6) is 0.716. The zero-order valence-electron chi connectivity index (χ0n) is 6.94. The predicted octanol–water partition coefficient (Wildman–Crippen LogP) is 3.09. The van der Waals surface area contributed by atoms with Gasteiger partial charge in [-0.15, -0.1) is 0 Å². The highest BCUT2D eigenvalue weighted by molar-refractivity contribution is 6.41. The number of aromatic nitrogens is 1. The molecule has 2 nitrogen and oxygen atoms in total. The molecule has 4 heteroatoms. The summed E-state index contributed by atoms with van der Waals surface area (Å²) in [7, 11) is 0. The minimum atomic E-state index is 0.278. The van der Waals surface area contributed by atoms with Gasteiger partial charge >= 0.3 is 0 Å². The highest BCUT2D eigenvalue weighted by Gasteiger charge is 2.10. The first kappa shape index (κ1) is 9.62. The Labute approximate surface area is 81.7 Å². The third kappa shape index (κ3) is 1.82. The molecule has 12 heavy (non-hydrogen) atoms. The number of nitrogen functional groups attached to an aromatic ring is 1. The van der Waals surface area contributed by atoms with Gasteiger partial charge in [-0.3, -0.25) is 0 Å². The molecule has 0 spiro atoms. The molecule has 1 aromatic heterocycles. The van der Waals surface area contributed by atoms with Crippen molar-refractivity contribution in [2.24, 2.45) is 0 Å². The first-order chi connectivity index (χ1) is 5.52. The Bertz CT molecular complexity index is 297. The van der Waals surface area contributed by atoms with Gasteiger partial charge in [-0.25, -0.2) is 4.98 Å². The Kier molecular flexibility index (Phi) is 2.80. The van der Waals surface area contributed by atoms with E-state index in [2.05, 4.69) is 4.98 Å². The number of hydrogen-bond acceptors (Lipinski definition) is 2. The maximum Gasteiger partial charge on any atom is 0.150 e. The topological polar surface area (TPSA) is 38.9 Å². The van der Waals surface area contributed by atoms with Crippen LogP contribution in [0.1, 0.15) is 25.3 Å². The fourth-order valence-electron chi connectivity index (χ4n) is 0.957. The summed E-state index contributed by atoms with van der Waals surface area (Å²) in [6, 6.07) is 1.75. The fourth-order valence-corrected chi connectivity index (χ4v) is 1.48. The van der Waals surface area contributed by atoms with Gasteiger partial charge in [0.25, 0.3) is 0 Å². The number of nitrogens with zero attached hydrogens (tertiary/aromatic N) is 1. The molecular weight excluding hydrogens is 195 g/mol. The normalized spacial score (nSPS) is 10.8. The van der Waals surface area contributed by atoms with Gasteiger partial charge in [0.15, 0.2) is 0 Å². The molecule has 1 aromatic rings. The van der Waals surface area contributed by atoms with Crippen molar-refractivity contribution in [2.75, 3.05) is 5.73 Å². The highest BCUT2D eigenvalue weighted by Crippen LogP contribution is 2.30.